The minimum absolute atomic E-state index is 0.0480. The molecule has 0 aliphatic carbocycles. The second-order valence-corrected chi connectivity index (χ2v) is 5.33. The second kappa shape index (κ2) is 7.11. The number of nitrogens with one attached hydrogen (secondary N) is 1. The van der Waals surface area contributed by atoms with E-state index in [2.05, 4.69) is 5.32 Å². The van der Waals surface area contributed by atoms with E-state index in [-0.39, 0.29) is 18.4 Å². The van der Waals surface area contributed by atoms with E-state index < -0.39 is 5.97 Å². The molecule has 0 fully saturated rings. The maximum atomic E-state index is 12.3. The minimum Gasteiger partial charge on any atom is -0.493 e. The van der Waals surface area contributed by atoms with Gasteiger partial charge in [-0.2, -0.15) is 0 Å². The highest BCUT2D eigenvalue weighted by Crippen LogP contribution is 2.25. The van der Waals surface area contributed by atoms with Gasteiger partial charge >= 0.3 is 5.97 Å². The van der Waals surface area contributed by atoms with E-state index in [4.69, 9.17) is 9.84 Å². The molecule has 1 atom stereocenters. The first-order chi connectivity index (χ1) is 10.1. The Balaban J connectivity index is 2.06. The van der Waals surface area contributed by atoms with E-state index in [9.17, 15) is 9.59 Å². The molecule has 1 aliphatic heterocycles. The highest BCUT2D eigenvalue weighted by molar-refractivity contribution is 5.95. The number of carbonyl (C=O) groups excluding carboxylic acids is 1. The van der Waals surface area contributed by atoms with Gasteiger partial charge in [-0.1, -0.05) is 13.3 Å². The molecule has 0 bridgehead atoms. The number of rotatable bonds is 6. The Bertz CT molecular complexity index is 527. The Morgan fingerprint density at radius 3 is 2.95 bits per heavy atom. The zero-order chi connectivity index (χ0) is 15.2. The summed E-state index contributed by atoms with van der Waals surface area (Å²) in [4.78, 5) is 23.1. The van der Waals surface area contributed by atoms with Crippen LogP contribution in [0.4, 0.5) is 0 Å². The summed E-state index contributed by atoms with van der Waals surface area (Å²) in [5.41, 5.74) is 1.60. The predicted molar refractivity (Wildman–Crippen MR) is 78.7 cm³/mol. The van der Waals surface area contributed by atoms with Crippen molar-refractivity contribution in [1.82, 2.24) is 5.32 Å². The van der Waals surface area contributed by atoms with Gasteiger partial charge in [0, 0.05) is 11.6 Å². The van der Waals surface area contributed by atoms with E-state index in [1.807, 2.05) is 19.1 Å². The third-order valence-electron chi connectivity index (χ3n) is 3.56. The molecule has 1 aromatic carbocycles. The van der Waals surface area contributed by atoms with Gasteiger partial charge in [0.2, 0.25) is 0 Å². The molecule has 1 aromatic rings. The lowest BCUT2D eigenvalue weighted by molar-refractivity contribution is -0.137. The number of aliphatic carboxylic acids is 1. The summed E-state index contributed by atoms with van der Waals surface area (Å²) < 4.78 is 5.52. The minimum atomic E-state index is -0.896. The Labute approximate surface area is 124 Å². The Kier molecular flexibility index (Phi) is 5.20. The van der Waals surface area contributed by atoms with Gasteiger partial charge in [0.15, 0.2) is 0 Å². The first-order valence-electron chi connectivity index (χ1n) is 7.38. The number of carbonyl (C=O) groups is 2. The number of carboxylic acid groups (broad SMARTS) is 1. The van der Waals surface area contributed by atoms with Crippen LogP contribution in [-0.2, 0) is 11.2 Å². The first kappa shape index (κ1) is 15.4. The number of aryl methyl sites for hydroxylation is 1. The maximum absolute atomic E-state index is 12.3. The Hall–Kier alpha value is -2.04. The molecule has 0 spiro atoms. The largest absolute Gasteiger partial charge is 0.493 e. The van der Waals surface area contributed by atoms with Crippen molar-refractivity contribution in [3.63, 3.8) is 0 Å². The van der Waals surface area contributed by atoms with Crippen LogP contribution in [0.5, 0.6) is 5.75 Å². The normalized spacial score (nSPS) is 14.7. The summed E-state index contributed by atoms with van der Waals surface area (Å²) in [6.45, 7) is 2.69. The quantitative estimate of drug-likeness (QED) is 0.843. The molecule has 2 N–H and O–H groups in total. The van der Waals surface area contributed by atoms with Crippen molar-refractivity contribution >= 4 is 11.9 Å². The molecular formula is C16H21NO4. The first-order valence-corrected chi connectivity index (χ1v) is 7.38. The van der Waals surface area contributed by atoms with Gasteiger partial charge in [0.25, 0.3) is 5.91 Å². The zero-order valence-electron chi connectivity index (χ0n) is 12.2. The van der Waals surface area contributed by atoms with Gasteiger partial charge in [-0.25, -0.2) is 0 Å². The van der Waals surface area contributed by atoms with Crippen molar-refractivity contribution in [2.75, 3.05) is 6.61 Å². The number of fused-ring (bicyclic) bond motifs is 1. The average Bonchev–Trinajstić information content (AvgIpc) is 2.46. The molecule has 2 rings (SSSR count). The Morgan fingerprint density at radius 1 is 1.43 bits per heavy atom. The average molecular weight is 291 g/mol. The van der Waals surface area contributed by atoms with Gasteiger partial charge < -0.3 is 15.2 Å². The van der Waals surface area contributed by atoms with Gasteiger partial charge in [-0.3, -0.25) is 9.59 Å². The van der Waals surface area contributed by atoms with E-state index >= 15 is 0 Å². The van der Waals surface area contributed by atoms with Gasteiger partial charge in [-0.05, 0) is 43.0 Å². The van der Waals surface area contributed by atoms with Gasteiger partial charge in [0.05, 0.1) is 13.0 Å². The molecule has 21 heavy (non-hydrogen) atoms. The zero-order valence-corrected chi connectivity index (χ0v) is 12.2. The molecule has 0 radical (unpaired) electrons. The van der Waals surface area contributed by atoms with Crippen molar-refractivity contribution in [3.05, 3.63) is 29.3 Å². The van der Waals surface area contributed by atoms with Crippen molar-refractivity contribution in [2.24, 2.45) is 0 Å². The molecule has 0 unspecified atom stereocenters. The molecule has 0 saturated heterocycles. The third kappa shape index (κ3) is 4.21. The molecule has 0 aromatic heterocycles. The van der Waals surface area contributed by atoms with Crippen LogP contribution in [0.3, 0.4) is 0 Å². The van der Waals surface area contributed by atoms with Crippen molar-refractivity contribution in [2.45, 2.75) is 45.1 Å². The van der Waals surface area contributed by atoms with Crippen LogP contribution in [0.2, 0.25) is 0 Å². The van der Waals surface area contributed by atoms with Crippen LogP contribution >= 0.6 is 0 Å². The highest BCUT2D eigenvalue weighted by Gasteiger charge is 2.18. The summed E-state index contributed by atoms with van der Waals surface area (Å²) in [5.74, 6) is -0.274. The summed E-state index contributed by atoms with van der Waals surface area (Å²) in [6, 6.07) is 5.05. The van der Waals surface area contributed by atoms with E-state index in [0.717, 1.165) is 37.2 Å². The lowest BCUT2D eigenvalue weighted by Gasteiger charge is -2.19. The third-order valence-corrected chi connectivity index (χ3v) is 3.56. The summed E-state index contributed by atoms with van der Waals surface area (Å²) in [5, 5.41) is 11.7. The molecule has 1 amide bonds. The van der Waals surface area contributed by atoms with Gasteiger partial charge in [-0.15, -0.1) is 0 Å². The Morgan fingerprint density at radius 2 is 2.24 bits per heavy atom. The molecule has 0 saturated carbocycles. The lowest BCUT2D eigenvalue weighted by atomic mass is 10.0. The maximum Gasteiger partial charge on any atom is 0.305 e. The number of carboxylic acids is 1. The topological polar surface area (TPSA) is 75.6 Å². The highest BCUT2D eigenvalue weighted by atomic mass is 16.5. The van der Waals surface area contributed by atoms with Gasteiger partial charge in [0.1, 0.15) is 5.75 Å². The van der Waals surface area contributed by atoms with E-state index in [1.54, 1.807) is 6.07 Å². The van der Waals surface area contributed by atoms with Crippen LogP contribution in [0, 0.1) is 0 Å². The fourth-order valence-corrected chi connectivity index (χ4v) is 2.55. The smallest absolute Gasteiger partial charge is 0.305 e. The van der Waals surface area contributed by atoms with Crippen LogP contribution in [0.1, 0.15) is 48.5 Å². The lowest BCUT2D eigenvalue weighted by Crippen LogP contribution is -2.36. The molecule has 114 valence electrons. The van der Waals surface area contributed by atoms with Crippen LogP contribution in [0.25, 0.3) is 0 Å². The molecule has 5 heteroatoms. The van der Waals surface area contributed by atoms with Crippen LogP contribution < -0.4 is 10.1 Å². The standard InChI is InChI=1S/C16H21NO4/c1-2-4-13(10-15(18)19)17-16(20)12-6-7-14-11(9-12)5-3-8-21-14/h6-7,9,13H,2-5,8,10H2,1H3,(H,17,20)(H,18,19)/t13-/m0/s1. The second-order valence-electron chi connectivity index (χ2n) is 5.33. The fourth-order valence-electron chi connectivity index (χ4n) is 2.55. The molecule has 5 nitrogen and oxygen atoms in total. The van der Waals surface area contributed by atoms with Crippen molar-refractivity contribution in [3.8, 4) is 5.75 Å². The molecule has 1 heterocycles. The van der Waals surface area contributed by atoms with Crippen LogP contribution in [-0.4, -0.2) is 29.6 Å². The number of benzene rings is 1. The number of amides is 1. The van der Waals surface area contributed by atoms with Crippen molar-refractivity contribution < 1.29 is 19.4 Å². The number of ether oxygens (including phenoxy) is 1. The summed E-state index contributed by atoms with van der Waals surface area (Å²) >= 11 is 0. The van der Waals surface area contributed by atoms with Crippen molar-refractivity contribution in [1.29, 1.82) is 0 Å². The van der Waals surface area contributed by atoms with E-state index in [0.29, 0.717) is 12.0 Å². The fraction of sp³-hybridized carbons (Fsp3) is 0.500. The number of hydrogen-bond acceptors (Lipinski definition) is 3. The van der Waals surface area contributed by atoms with E-state index in [1.165, 1.54) is 0 Å². The predicted octanol–water partition coefficient (Wildman–Crippen LogP) is 2.38. The van der Waals surface area contributed by atoms with Crippen LogP contribution in [0.15, 0.2) is 18.2 Å². The molecular weight excluding hydrogens is 270 g/mol. The monoisotopic (exact) mass is 291 g/mol. The SMILES string of the molecule is CCC[C@@H](CC(=O)O)NC(=O)c1ccc2c(c1)CCCO2. The molecule has 1 aliphatic rings. The number of hydrogen-bond donors (Lipinski definition) is 2. The summed E-state index contributed by atoms with van der Waals surface area (Å²) in [6.07, 6.45) is 3.30. The summed E-state index contributed by atoms with van der Waals surface area (Å²) in [7, 11) is 0.